The summed E-state index contributed by atoms with van der Waals surface area (Å²) in [6.45, 7) is 4.19. The van der Waals surface area contributed by atoms with Crippen LogP contribution in [0.5, 0.6) is 0 Å². The summed E-state index contributed by atoms with van der Waals surface area (Å²) < 4.78 is 14.1. The first kappa shape index (κ1) is 20.7. The highest BCUT2D eigenvalue weighted by molar-refractivity contribution is 5.64. The predicted molar refractivity (Wildman–Crippen MR) is 112 cm³/mol. The molecule has 0 fully saturated rings. The van der Waals surface area contributed by atoms with Gasteiger partial charge in [0.2, 0.25) is 0 Å². The van der Waals surface area contributed by atoms with Crippen molar-refractivity contribution in [1.82, 2.24) is 0 Å². The van der Waals surface area contributed by atoms with Gasteiger partial charge in [0.15, 0.2) is 0 Å². The van der Waals surface area contributed by atoms with Crippen molar-refractivity contribution in [2.24, 2.45) is 0 Å². The molecule has 0 nitrogen and oxygen atoms in total. The molecule has 0 aliphatic heterocycles. The van der Waals surface area contributed by atoms with Gasteiger partial charge in [-0.15, -0.1) is 0 Å². The second kappa shape index (κ2) is 11.9. The second-order valence-electron chi connectivity index (χ2n) is 7.61. The van der Waals surface area contributed by atoms with Gasteiger partial charge in [0.25, 0.3) is 0 Å². The molecule has 0 aliphatic carbocycles. The Hall–Kier alpha value is -1.63. The molecule has 2 aromatic carbocycles. The van der Waals surface area contributed by atoms with E-state index in [1.54, 1.807) is 6.07 Å². The van der Waals surface area contributed by atoms with Crippen molar-refractivity contribution in [3.8, 4) is 11.1 Å². The van der Waals surface area contributed by atoms with E-state index < -0.39 is 0 Å². The fraction of sp³-hybridized carbons (Fsp3) is 0.520. The number of unbranched alkanes of at least 4 members (excludes halogenated alkanes) is 9. The number of hydrogen-bond acceptors (Lipinski definition) is 0. The molecular weight excluding hydrogens is 319 g/mol. The van der Waals surface area contributed by atoms with Crippen LogP contribution in [0.4, 0.5) is 4.39 Å². The van der Waals surface area contributed by atoms with Crippen LogP contribution in [0.25, 0.3) is 11.1 Å². The van der Waals surface area contributed by atoms with Gasteiger partial charge in [0, 0.05) is 5.56 Å². The van der Waals surface area contributed by atoms with Crippen LogP contribution in [0.3, 0.4) is 0 Å². The molecule has 0 atom stereocenters. The summed E-state index contributed by atoms with van der Waals surface area (Å²) in [6, 6.07) is 13.9. The molecule has 142 valence electrons. The average molecular weight is 355 g/mol. The number of rotatable bonds is 12. The summed E-state index contributed by atoms with van der Waals surface area (Å²) in [4.78, 5) is 0. The first-order chi connectivity index (χ1) is 12.7. The van der Waals surface area contributed by atoms with Crippen molar-refractivity contribution in [3.63, 3.8) is 0 Å². The van der Waals surface area contributed by atoms with Crippen LogP contribution in [0.15, 0.2) is 42.5 Å². The topological polar surface area (TPSA) is 0 Å². The Balaban J connectivity index is 1.64. The van der Waals surface area contributed by atoms with Gasteiger partial charge < -0.3 is 0 Å². The highest BCUT2D eigenvalue weighted by atomic mass is 19.1. The molecule has 0 bridgehead atoms. The third kappa shape index (κ3) is 7.32. The molecule has 1 heteroatoms. The van der Waals surface area contributed by atoms with Crippen LogP contribution in [0.2, 0.25) is 0 Å². The molecule has 26 heavy (non-hydrogen) atoms. The van der Waals surface area contributed by atoms with Crippen LogP contribution in [0.1, 0.15) is 82.3 Å². The lowest BCUT2D eigenvalue weighted by atomic mass is 9.99. The zero-order chi connectivity index (χ0) is 18.6. The zero-order valence-electron chi connectivity index (χ0n) is 16.7. The van der Waals surface area contributed by atoms with Gasteiger partial charge >= 0.3 is 0 Å². The molecule has 2 aromatic rings. The standard InChI is InChI=1S/C25H35F/c1-3-4-5-6-7-8-9-10-11-12-13-22-15-17-23(18-16-22)24-19-14-21(2)20-25(24)26/h14-20H,3-13H2,1-2H3. The normalized spacial score (nSPS) is 11.0. The van der Waals surface area contributed by atoms with Crippen molar-refractivity contribution < 1.29 is 4.39 Å². The summed E-state index contributed by atoms with van der Waals surface area (Å²) in [6.07, 6.45) is 14.8. The minimum absolute atomic E-state index is 0.132. The Labute approximate surface area is 159 Å². The van der Waals surface area contributed by atoms with Gasteiger partial charge in [0.1, 0.15) is 5.82 Å². The minimum Gasteiger partial charge on any atom is -0.206 e. The van der Waals surface area contributed by atoms with Gasteiger partial charge in [-0.2, -0.15) is 0 Å². The van der Waals surface area contributed by atoms with Gasteiger partial charge in [-0.3, -0.25) is 0 Å². The zero-order valence-corrected chi connectivity index (χ0v) is 16.7. The Morgan fingerprint density at radius 3 is 1.85 bits per heavy atom. The highest BCUT2D eigenvalue weighted by Crippen LogP contribution is 2.24. The summed E-state index contributed by atoms with van der Waals surface area (Å²) in [5.41, 5.74) is 3.99. The van der Waals surface area contributed by atoms with E-state index >= 15 is 0 Å². The Bertz CT molecular complexity index is 627. The molecule has 0 saturated heterocycles. The van der Waals surface area contributed by atoms with E-state index in [1.807, 2.05) is 19.1 Å². The largest absolute Gasteiger partial charge is 0.206 e. The minimum atomic E-state index is -0.132. The number of halogens is 1. The number of hydrogen-bond donors (Lipinski definition) is 0. The lowest BCUT2D eigenvalue weighted by molar-refractivity contribution is 0.556. The molecule has 0 heterocycles. The molecule has 0 unspecified atom stereocenters. The van der Waals surface area contributed by atoms with E-state index in [0.717, 1.165) is 17.5 Å². The maximum Gasteiger partial charge on any atom is 0.131 e. The van der Waals surface area contributed by atoms with Crippen molar-refractivity contribution in [2.75, 3.05) is 0 Å². The summed E-state index contributed by atoms with van der Waals surface area (Å²) >= 11 is 0. The molecule has 2 rings (SSSR count). The number of benzene rings is 2. The van der Waals surface area contributed by atoms with Crippen molar-refractivity contribution in [1.29, 1.82) is 0 Å². The second-order valence-corrected chi connectivity index (χ2v) is 7.61. The maximum atomic E-state index is 14.1. The van der Waals surface area contributed by atoms with E-state index in [2.05, 4.69) is 31.2 Å². The van der Waals surface area contributed by atoms with E-state index in [9.17, 15) is 4.39 Å². The lowest BCUT2D eigenvalue weighted by Crippen LogP contribution is -1.89. The average Bonchev–Trinajstić information content (AvgIpc) is 2.64. The van der Waals surface area contributed by atoms with Crippen molar-refractivity contribution >= 4 is 0 Å². The molecule has 0 amide bonds. The molecule has 0 radical (unpaired) electrons. The molecule has 0 spiro atoms. The van der Waals surface area contributed by atoms with Crippen molar-refractivity contribution in [3.05, 3.63) is 59.4 Å². The molecular formula is C25H35F. The summed E-state index contributed by atoms with van der Waals surface area (Å²) in [5, 5.41) is 0. The molecule has 0 N–H and O–H groups in total. The van der Waals surface area contributed by atoms with Crippen LogP contribution in [0, 0.1) is 12.7 Å². The Morgan fingerprint density at radius 2 is 1.27 bits per heavy atom. The third-order valence-electron chi connectivity index (χ3n) is 5.21. The van der Waals surface area contributed by atoms with Crippen LogP contribution < -0.4 is 0 Å². The smallest absolute Gasteiger partial charge is 0.131 e. The van der Waals surface area contributed by atoms with Gasteiger partial charge in [-0.1, -0.05) is 101 Å². The molecule has 0 saturated carbocycles. The quantitative estimate of drug-likeness (QED) is 0.336. The Morgan fingerprint density at radius 1 is 0.692 bits per heavy atom. The van der Waals surface area contributed by atoms with Gasteiger partial charge in [-0.05, 0) is 42.5 Å². The van der Waals surface area contributed by atoms with Crippen LogP contribution in [-0.2, 0) is 6.42 Å². The summed E-state index contributed by atoms with van der Waals surface area (Å²) in [5.74, 6) is -0.132. The monoisotopic (exact) mass is 354 g/mol. The van der Waals surface area contributed by atoms with Gasteiger partial charge in [0.05, 0.1) is 0 Å². The van der Waals surface area contributed by atoms with Crippen molar-refractivity contribution in [2.45, 2.75) is 84.5 Å². The summed E-state index contributed by atoms with van der Waals surface area (Å²) in [7, 11) is 0. The van der Waals surface area contributed by atoms with Gasteiger partial charge in [-0.25, -0.2) is 4.39 Å². The van der Waals surface area contributed by atoms with E-state index in [0.29, 0.717) is 5.56 Å². The molecule has 0 aliphatic rings. The van der Waals surface area contributed by atoms with Crippen LogP contribution in [-0.4, -0.2) is 0 Å². The van der Waals surface area contributed by atoms with E-state index in [1.165, 1.54) is 69.8 Å². The SMILES string of the molecule is CCCCCCCCCCCCc1ccc(-c2ccc(C)cc2F)cc1. The van der Waals surface area contributed by atoms with E-state index in [4.69, 9.17) is 0 Å². The predicted octanol–water partition coefficient (Wildman–Crippen LogP) is 8.26. The van der Waals surface area contributed by atoms with E-state index in [-0.39, 0.29) is 5.82 Å². The third-order valence-corrected chi connectivity index (χ3v) is 5.21. The highest BCUT2D eigenvalue weighted by Gasteiger charge is 2.05. The first-order valence-corrected chi connectivity index (χ1v) is 10.6. The number of aryl methyl sites for hydroxylation is 2. The van der Waals surface area contributed by atoms with Crippen LogP contribution >= 0.6 is 0 Å². The lowest BCUT2D eigenvalue weighted by Gasteiger charge is -2.07. The first-order valence-electron chi connectivity index (χ1n) is 10.6. The fourth-order valence-electron chi connectivity index (χ4n) is 3.52. The fourth-order valence-corrected chi connectivity index (χ4v) is 3.52. The Kier molecular flexibility index (Phi) is 9.45. The molecule has 0 aromatic heterocycles. The maximum absolute atomic E-state index is 14.1.